The summed E-state index contributed by atoms with van der Waals surface area (Å²) >= 11 is 0. The van der Waals surface area contributed by atoms with E-state index in [0.717, 1.165) is 5.56 Å². The first-order valence-electron chi connectivity index (χ1n) is 4.97. The first kappa shape index (κ1) is 11.0. The zero-order chi connectivity index (χ0) is 12.4. The van der Waals surface area contributed by atoms with Crippen LogP contribution >= 0.6 is 0 Å². The number of nitrogens with zero attached hydrogens (tertiary/aromatic N) is 1. The summed E-state index contributed by atoms with van der Waals surface area (Å²) in [5, 5.41) is 18.1. The van der Waals surface area contributed by atoms with E-state index in [1.54, 1.807) is 19.1 Å². The number of aryl methyl sites for hydroxylation is 1. The highest BCUT2D eigenvalue weighted by atomic mass is 16.3. The molecule has 5 N–H and O–H groups in total. The summed E-state index contributed by atoms with van der Waals surface area (Å²) in [5.41, 5.74) is 7.21. The topological polar surface area (TPSA) is 104 Å². The third kappa shape index (κ3) is 2.20. The van der Waals surface area contributed by atoms with Gasteiger partial charge in [0.15, 0.2) is 0 Å². The van der Waals surface area contributed by atoms with Crippen LogP contribution in [-0.4, -0.2) is 21.2 Å². The van der Waals surface area contributed by atoms with E-state index in [1.807, 2.05) is 0 Å². The number of nitrogens with two attached hydrogens (primary N) is 1. The van der Waals surface area contributed by atoms with E-state index in [4.69, 9.17) is 5.73 Å². The highest BCUT2D eigenvalue weighted by Gasteiger charge is 2.12. The van der Waals surface area contributed by atoms with Gasteiger partial charge in [-0.2, -0.15) is 5.10 Å². The van der Waals surface area contributed by atoms with Gasteiger partial charge in [0.2, 0.25) is 0 Å². The van der Waals surface area contributed by atoms with E-state index in [9.17, 15) is 9.90 Å². The van der Waals surface area contributed by atoms with E-state index in [2.05, 4.69) is 15.5 Å². The van der Waals surface area contributed by atoms with Gasteiger partial charge in [-0.1, -0.05) is 0 Å². The third-order valence-corrected chi connectivity index (χ3v) is 2.37. The molecule has 0 fully saturated rings. The number of phenols is 1. The molecule has 0 spiro atoms. The maximum absolute atomic E-state index is 11.8. The van der Waals surface area contributed by atoms with Crippen molar-refractivity contribution in [1.82, 2.24) is 10.2 Å². The molecule has 17 heavy (non-hydrogen) atoms. The number of phenolic OH excluding ortho intramolecular Hbond substituents is 1. The molecule has 0 radical (unpaired) electrons. The Balaban J connectivity index is 2.22. The zero-order valence-corrected chi connectivity index (χ0v) is 9.19. The molecule has 1 aromatic carbocycles. The molecule has 0 atom stereocenters. The zero-order valence-electron chi connectivity index (χ0n) is 9.19. The van der Waals surface area contributed by atoms with Crippen LogP contribution in [0.25, 0.3) is 0 Å². The molecule has 0 unspecified atom stereocenters. The van der Waals surface area contributed by atoms with E-state index < -0.39 is 0 Å². The molecule has 0 saturated heterocycles. The average molecular weight is 232 g/mol. The number of anilines is 2. The number of aromatic hydroxyl groups is 1. The van der Waals surface area contributed by atoms with E-state index in [-0.39, 0.29) is 23.0 Å². The molecule has 1 aromatic heterocycles. The van der Waals surface area contributed by atoms with Crippen LogP contribution in [0.1, 0.15) is 15.9 Å². The second-order valence-electron chi connectivity index (χ2n) is 3.65. The second kappa shape index (κ2) is 4.17. The number of rotatable bonds is 2. The monoisotopic (exact) mass is 232 g/mol. The molecule has 2 aromatic rings. The molecule has 0 aliphatic rings. The van der Waals surface area contributed by atoms with Crippen LogP contribution in [-0.2, 0) is 0 Å². The van der Waals surface area contributed by atoms with Gasteiger partial charge in [-0.05, 0) is 30.7 Å². The number of carbonyl (C=O) groups excluding carboxylic acids is 1. The molecule has 0 aliphatic heterocycles. The number of H-pyrrole nitrogens is 1. The summed E-state index contributed by atoms with van der Waals surface area (Å²) in [6, 6.07) is 4.69. The van der Waals surface area contributed by atoms with Gasteiger partial charge >= 0.3 is 0 Å². The van der Waals surface area contributed by atoms with E-state index in [1.165, 1.54) is 12.3 Å². The Morgan fingerprint density at radius 1 is 1.53 bits per heavy atom. The average Bonchev–Trinajstić information content (AvgIpc) is 2.68. The van der Waals surface area contributed by atoms with Crippen LogP contribution in [0.2, 0.25) is 0 Å². The van der Waals surface area contributed by atoms with Gasteiger partial charge in [0.05, 0.1) is 6.20 Å². The summed E-state index contributed by atoms with van der Waals surface area (Å²) in [4.78, 5) is 11.8. The highest BCUT2D eigenvalue weighted by molar-refractivity contribution is 6.07. The van der Waals surface area contributed by atoms with Gasteiger partial charge in [0.25, 0.3) is 5.91 Å². The number of nitrogen functional groups attached to an aromatic ring is 1. The first-order chi connectivity index (χ1) is 8.08. The summed E-state index contributed by atoms with van der Waals surface area (Å²) in [7, 11) is 0. The Hall–Kier alpha value is -2.50. The summed E-state index contributed by atoms with van der Waals surface area (Å²) in [5.74, 6) is 0.0345. The smallest absolute Gasteiger partial charge is 0.261 e. The Morgan fingerprint density at radius 3 is 2.88 bits per heavy atom. The van der Waals surface area contributed by atoms with Crippen LogP contribution in [0.15, 0.2) is 24.4 Å². The predicted octanol–water partition coefficient (Wildman–Crippen LogP) is 1.26. The van der Waals surface area contributed by atoms with Crippen molar-refractivity contribution in [3.63, 3.8) is 0 Å². The van der Waals surface area contributed by atoms with Crippen molar-refractivity contribution in [3.8, 4) is 5.75 Å². The van der Waals surface area contributed by atoms with Gasteiger partial charge in [-0.3, -0.25) is 9.89 Å². The Labute approximate surface area is 97.5 Å². The number of carbonyl (C=O) groups is 1. The standard InChI is InChI=1S/C11H12N4O2/c1-6-4-7(16)2-3-9(6)14-11(17)8-5-13-15-10(8)12/h2-5,16H,1H3,(H,14,17)(H3,12,13,15). The molecule has 1 heterocycles. The summed E-state index contributed by atoms with van der Waals surface area (Å²) < 4.78 is 0. The lowest BCUT2D eigenvalue weighted by atomic mass is 10.2. The van der Waals surface area contributed by atoms with Crippen LogP contribution in [0, 0.1) is 6.92 Å². The van der Waals surface area contributed by atoms with Gasteiger partial charge in [0.1, 0.15) is 17.1 Å². The van der Waals surface area contributed by atoms with Gasteiger partial charge < -0.3 is 16.2 Å². The lowest BCUT2D eigenvalue weighted by molar-refractivity contribution is 0.102. The largest absolute Gasteiger partial charge is 0.508 e. The van der Waals surface area contributed by atoms with E-state index in [0.29, 0.717) is 5.69 Å². The molecule has 2 rings (SSSR count). The van der Waals surface area contributed by atoms with Crippen molar-refractivity contribution in [1.29, 1.82) is 0 Å². The minimum atomic E-state index is -0.343. The SMILES string of the molecule is Cc1cc(O)ccc1NC(=O)c1cn[nH]c1N. The number of benzene rings is 1. The molecule has 88 valence electrons. The summed E-state index contributed by atoms with van der Waals surface area (Å²) in [6.45, 7) is 1.79. The number of aromatic amines is 1. The molecular formula is C11H12N4O2. The van der Waals surface area contributed by atoms with Crippen molar-refractivity contribution >= 4 is 17.4 Å². The number of hydrogen-bond acceptors (Lipinski definition) is 4. The fourth-order valence-electron chi connectivity index (χ4n) is 1.45. The minimum Gasteiger partial charge on any atom is -0.508 e. The van der Waals surface area contributed by atoms with E-state index >= 15 is 0 Å². The Kier molecular flexibility index (Phi) is 2.70. The van der Waals surface area contributed by atoms with Crippen molar-refractivity contribution in [2.75, 3.05) is 11.1 Å². The van der Waals surface area contributed by atoms with Crippen molar-refractivity contribution in [2.24, 2.45) is 0 Å². The van der Waals surface area contributed by atoms with Crippen LogP contribution in [0.4, 0.5) is 11.5 Å². The van der Waals surface area contributed by atoms with Crippen LogP contribution in [0.3, 0.4) is 0 Å². The molecule has 0 saturated carbocycles. The van der Waals surface area contributed by atoms with Gasteiger partial charge in [0, 0.05) is 5.69 Å². The Bertz CT molecular complexity index is 562. The molecule has 0 aliphatic carbocycles. The number of amides is 1. The first-order valence-corrected chi connectivity index (χ1v) is 4.97. The quantitative estimate of drug-likeness (QED) is 0.585. The lowest BCUT2D eigenvalue weighted by Gasteiger charge is -2.07. The molecule has 0 bridgehead atoms. The maximum atomic E-state index is 11.8. The summed E-state index contributed by atoms with van der Waals surface area (Å²) in [6.07, 6.45) is 1.36. The molecule has 6 heteroatoms. The van der Waals surface area contributed by atoms with Crippen molar-refractivity contribution in [2.45, 2.75) is 6.92 Å². The van der Waals surface area contributed by atoms with Crippen LogP contribution in [0.5, 0.6) is 5.75 Å². The number of aromatic nitrogens is 2. The number of hydrogen-bond donors (Lipinski definition) is 4. The highest BCUT2D eigenvalue weighted by Crippen LogP contribution is 2.21. The number of nitrogens with one attached hydrogen (secondary N) is 2. The predicted molar refractivity (Wildman–Crippen MR) is 63.8 cm³/mol. The maximum Gasteiger partial charge on any atom is 0.261 e. The van der Waals surface area contributed by atoms with Gasteiger partial charge in [-0.15, -0.1) is 0 Å². The fraction of sp³-hybridized carbons (Fsp3) is 0.0909. The van der Waals surface area contributed by atoms with Crippen molar-refractivity contribution < 1.29 is 9.90 Å². The van der Waals surface area contributed by atoms with Crippen molar-refractivity contribution in [3.05, 3.63) is 35.5 Å². The minimum absolute atomic E-state index is 0.156. The fourth-order valence-corrected chi connectivity index (χ4v) is 1.45. The second-order valence-corrected chi connectivity index (χ2v) is 3.65. The normalized spacial score (nSPS) is 10.2. The third-order valence-electron chi connectivity index (χ3n) is 2.37. The van der Waals surface area contributed by atoms with Gasteiger partial charge in [-0.25, -0.2) is 0 Å². The van der Waals surface area contributed by atoms with Crippen LogP contribution < -0.4 is 11.1 Å². The molecular weight excluding hydrogens is 220 g/mol. The Morgan fingerprint density at radius 2 is 2.29 bits per heavy atom. The molecule has 1 amide bonds. The molecule has 6 nitrogen and oxygen atoms in total. The lowest BCUT2D eigenvalue weighted by Crippen LogP contribution is -2.13.